The van der Waals surface area contributed by atoms with Gasteiger partial charge in [0, 0.05) is 30.3 Å². The first kappa shape index (κ1) is 22.1. The van der Waals surface area contributed by atoms with E-state index in [4.69, 9.17) is 4.98 Å². The molecule has 0 N–H and O–H groups in total. The van der Waals surface area contributed by atoms with Gasteiger partial charge in [-0.25, -0.2) is 4.98 Å². The average molecular weight is 422 g/mol. The van der Waals surface area contributed by atoms with Crippen molar-refractivity contribution in [2.24, 2.45) is 0 Å². The molecule has 1 amide bonds. The van der Waals surface area contributed by atoms with Crippen LogP contribution in [-0.2, 0) is 6.54 Å². The molecule has 8 nitrogen and oxygen atoms in total. The average Bonchev–Trinajstić information content (AvgIpc) is 2.76. The monoisotopic (exact) mass is 422 g/mol. The molecule has 0 radical (unpaired) electrons. The number of nitro groups is 1. The molecule has 8 heteroatoms. The van der Waals surface area contributed by atoms with Crippen molar-refractivity contribution >= 4 is 22.5 Å². The van der Waals surface area contributed by atoms with Gasteiger partial charge in [-0.15, -0.1) is 0 Å². The molecule has 0 aliphatic heterocycles. The number of carbonyl (C=O) groups is 1. The summed E-state index contributed by atoms with van der Waals surface area (Å²) in [6.07, 6.45) is 0.740. The van der Waals surface area contributed by atoms with Gasteiger partial charge in [-0.1, -0.05) is 25.1 Å². The van der Waals surface area contributed by atoms with E-state index in [-0.39, 0.29) is 22.7 Å². The van der Waals surface area contributed by atoms with E-state index >= 15 is 0 Å². The number of nitro benzene ring substituents is 1. The summed E-state index contributed by atoms with van der Waals surface area (Å²) >= 11 is 0. The molecule has 0 spiro atoms. The van der Waals surface area contributed by atoms with E-state index in [9.17, 15) is 19.7 Å². The fraction of sp³-hybridized carbons (Fsp3) is 0.348. The van der Waals surface area contributed by atoms with Crippen molar-refractivity contribution in [3.8, 4) is 0 Å². The minimum atomic E-state index is -0.498. The van der Waals surface area contributed by atoms with Crippen LogP contribution in [-0.4, -0.2) is 31.8 Å². The largest absolute Gasteiger partial charge is 0.329 e. The van der Waals surface area contributed by atoms with Gasteiger partial charge in [-0.05, 0) is 45.4 Å². The molecule has 1 aromatic heterocycles. The zero-order chi connectivity index (χ0) is 22.7. The highest BCUT2D eigenvalue weighted by molar-refractivity contribution is 5.95. The smallest absolute Gasteiger partial charge is 0.273 e. The van der Waals surface area contributed by atoms with Gasteiger partial charge in [0.2, 0.25) is 0 Å². The molecule has 31 heavy (non-hydrogen) atoms. The van der Waals surface area contributed by atoms with Gasteiger partial charge >= 0.3 is 0 Å². The topological polar surface area (TPSA) is 98.3 Å². The highest BCUT2D eigenvalue weighted by Crippen LogP contribution is 2.25. The summed E-state index contributed by atoms with van der Waals surface area (Å²) in [5, 5.41) is 11.8. The summed E-state index contributed by atoms with van der Waals surface area (Å²) in [5.74, 6) is 0.158. The predicted octanol–water partition coefficient (Wildman–Crippen LogP) is 4.25. The fourth-order valence-corrected chi connectivity index (χ4v) is 3.78. The van der Waals surface area contributed by atoms with Gasteiger partial charge in [0.25, 0.3) is 17.2 Å². The Morgan fingerprint density at radius 1 is 1.23 bits per heavy atom. The van der Waals surface area contributed by atoms with E-state index < -0.39 is 11.0 Å². The van der Waals surface area contributed by atoms with Crippen LogP contribution in [0.1, 0.15) is 55.0 Å². The second-order valence-electron chi connectivity index (χ2n) is 7.47. The highest BCUT2D eigenvalue weighted by Gasteiger charge is 2.27. The van der Waals surface area contributed by atoms with E-state index in [1.807, 2.05) is 26.8 Å². The van der Waals surface area contributed by atoms with Gasteiger partial charge in [0.1, 0.15) is 5.82 Å². The third kappa shape index (κ3) is 4.19. The van der Waals surface area contributed by atoms with Crippen LogP contribution >= 0.6 is 0 Å². The summed E-state index contributed by atoms with van der Waals surface area (Å²) < 4.78 is 1.63. The summed E-state index contributed by atoms with van der Waals surface area (Å²) in [5.41, 5.74) is 1.07. The minimum Gasteiger partial charge on any atom is -0.329 e. The molecule has 0 saturated carbocycles. The quantitative estimate of drug-likeness (QED) is 0.419. The van der Waals surface area contributed by atoms with Crippen molar-refractivity contribution in [2.75, 3.05) is 6.54 Å². The first-order chi connectivity index (χ1) is 14.8. The Hall–Kier alpha value is -3.55. The zero-order valence-corrected chi connectivity index (χ0v) is 18.2. The molecular weight excluding hydrogens is 396 g/mol. The SMILES string of the molecule is CCCn1c(C(C)N(CC)C(=O)c2ccc(C)c([N+](=O)[O-])c2)nc2ccccc2c1=O. The molecule has 3 aromatic rings. The van der Waals surface area contributed by atoms with Crippen molar-refractivity contribution in [3.63, 3.8) is 0 Å². The van der Waals surface area contributed by atoms with Crippen LogP contribution in [0.4, 0.5) is 5.69 Å². The Balaban J connectivity index is 2.09. The lowest BCUT2D eigenvalue weighted by atomic mass is 10.1. The van der Waals surface area contributed by atoms with E-state index in [0.717, 1.165) is 6.42 Å². The summed E-state index contributed by atoms with van der Waals surface area (Å²) in [6.45, 7) is 8.11. The maximum atomic E-state index is 13.3. The first-order valence-electron chi connectivity index (χ1n) is 10.4. The van der Waals surface area contributed by atoms with E-state index in [1.54, 1.807) is 46.7 Å². The molecule has 3 rings (SSSR count). The Labute approximate surface area is 180 Å². The van der Waals surface area contributed by atoms with Crippen LogP contribution in [0, 0.1) is 17.0 Å². The number of hydrogen-bond donors (Lipinski definition) is 0. The molecule has 0 fully saturated rings. The molecule has 2 aromatic carbocycles. The van der Waals surface area contributed by atoms with Crippen molar-refractivity contribution in [1.82, 2.24) is 14.5 Å². The maximum absolute atomic E-state index is 13.3. The lowest BCUT2D eigenvalue weighted by molar-refractivity contribution is -0.385. The van der Waals surface area contributed by atoms with Gasteiger partial charge in [-0.3, -0.25) is 24.3 Å². The number of benzene rings is 2. The van der Waals surface area contributed by atoms with Crippen LogP contribution in [0.15, 0.2) is 47.3 Å². The van der Waals surface area contributed by atoms with Crippen molar-refractivity contribution in [3.05, 3.63) is 79.9 Å². The van der Waals surface area contributed by atoms with Crippen LogP contribution in [0.5, 0.6) is 0 Å². The number of nitrogens with zero attached hydrogens (tertiary/aromatic N) is 4. The summed E-state index contributed by atoms with van der Waals surface area (Å²) in [7, 11) is 0. The lowest BCUT2D eigenvalue weighted by Crippen LogP contribution is -2.37. The number of rotatable bonds is 7. The molecule has 1 unspecified atom stereocenters. The lowest BCUT2D eigenvalue weighted by Gasteiger charge is -2.29. The third-order valence-electron chi connectivity index (χ3n) is 5.43. The van der Waals surface area contributed by atoms with Gasteiger partial charge in [-0.2, -0.15) is 0 Å². The summed E-state index contributed by atoms with van der Waals surface area (Å²) in [6, 6.07) is 11.1. The second kappa shape index (κ2) is 9.07. The molecule has 0 saturated heterocycles. The number of aromatic nitrogens is 2. The number of para-hydroxylation sites is 1. The predicted molar refractivity (Wildman–Crippen MR) is 119 cm³/mol. The van der Waals surface area contributed by atoms with Crippen LogP contribution in [0.2, 0.25) is 0 Å². The van der Waals surface area contributed by atoms with Gasteiger partial charge in [0.05, 0.1) is 21.9 Å². The number of amides is 1. The zero-order valence-electron chi connectivity index (χ0n) is 18.2. The maximum Gasteiger partial charge on any atom is 0.273 e. The molecule has 0 aliphatic carbocycles. The van der Waals surface area contributed by atoms with Crippen LogP contribution in [0.3, 0.4) is 0 Å². The normalized spacial score (nSPS) is 12.0. The Kier molecular flexibility index (Phi) is 6.48. The molecule has 0 bridgehead atoms. The standard InChI is InChI=1S/C23H26N4O4/c1-5-13-26-21(24-19-10-8-7-9-18(19)23(26)29)16(4)25(6-2)22(28)17-12-11-15(3)20(14-17)27(30)31/h7-12,14,16H,5-6,13H2,1-4H3. The van der Waals surface area contributed by atoms with Crippen LogP contribution in [0.25, 0.3) is 10.9 Å². The molecular formula is C23H26N4O4. The van der Waals surface area contributed by atoms with Crippen LogP contribution < -0.4 is 5.56 Å². The number of hydrogen-bond acceptors (Lipinski definition) is 5. The Bertz CT molecular complexity index is 1200. The molecule has 0 aliphatic rings. The molecule has 162 valence electrons. The first-order valence-corrected chi connectivity index (χ1v) is 10.4. The highest BCUT2D eigenvalue weighted by atomic mass is 16.6. The van der Waals surface area contributed by atoms with Crippen molar-refractivity contribution < 1.29 is 9.72 Å². The van der Waals surface area contributed by atoms with Crippen molar-refractivity contribution in [2.45, 2.75) is 46.7 Å². The summed E-state index contributed by atoms with van der Waals surface area (Å²) in [4.78, 5) is 43.5. The Morgan fingerprint density at radius 2 is 1.94 bits per heavy atom. The van der Waals surface area contributed by atoms with Gasteiger partial charge < -0.3 is 4.90 Å². The van der Waals surface area contributed by atoms with Gasteiger partial charge in [0.15, 0.2) is 0 Å². The molecule has 1 atom stereocenters. The number of aryl methyl sites for hydroxylation is 1. The Morgan fingerprint density at radius 3 is 2.58 bits per heavy atom. The fourth-order valence-electron chi connectivity index (χ4n) is 3.78. The molecule has 1 heterocycles. The number of fused-ring (bicyclic) bond motifs is 1. The second-order valence-corrected chi connectivity index (χ2v) is 7.47. The van der Waals surface area contributed by atoms with E-state index in [2.05, 4.69) is 0 Å². The van der Waals surface area contributed by atoms with E-state index in [0.29, 0.717) is 35.4 Å². The number of carbonyl (C=O) groups excluding carboxylic acids is 1. The third-order valence-corrected chi connectivity index (χ3v) is 5.43. The van der Waals surface area contributed by atoms with Crippen molar-refractivity contribution in [1.29, 1.82) is 0 Å². The minimum absolute atomic E-state index is 0.0960. The van der Waals surface area contributed by atoms with E-state index in [1.165, 1.54) is 6.07 Å².